The zero-order chi connectivity index (χ0) is 41.9. The van der Waals surface area contributed by atoms with Crippen molar-refractivity contribution in [3.8, 4) is 0 Å². The van der Waals surface area contributed by atoms with Crippen LogP contribution in [0.4, 0.5) is 0 Å². The van der Waals surface area contributed by atoms with Crippen molar-refractivity contribution in [1.82, 2.24) is 5.32 Å². The maximum atomic E-state index is 13.1. The summed E-state index contributed by atoms with van der Waals surface area (Å²) in [6.07, 6.45) is 28.2. The van der Waals surface area contributed by atoms with Crippen LogP contribution in [0.2, 0.25) is 0 Å². The quantitative estimate of drug-likeness (QED) is 0.0230. The van der Waals surface area contributed by atoms with Crippen LogP contribution in [-0.4, -0.2) is 110 Å². The Balaban J connectivity index is 2.40. The predicted molar refractivity (Wildman–Crippen MR) is 229 cm³/mol. The topological polar surface area (TPSA) is 189 Å². The lowest BCUT2D eigenvalue weighted by Gasteiger charge is -2.40. The van der Waals surface area contributed by atoms with Gasteiger partial charge in [-0.05, 0) is 44.9 Å². The van der Waals surface area contributed by atoms with Crippen LogP contribution >= 0.6 is 0 Å². The highest BCUT2D eigenvalue weighted by Gasteiger charge is 2.44. The van der Waals surface area contributed by atoms with E-state index in [0.29, 0.717) is 19.3 Å². The molecule has 1 rings (SSSR count). The molecule has 0 spiro atoms. The number of unbranched alkanes of at least 4 members (excludes halogenated alkanes) is 22. The molecule has 0 aromatic rings. The van der Waals surface area contributed by atoms with Crippen LogP contribution in [0.5, 0.6) is 0 Å². The van der Waals surface area contributed by atoms with Crippen molar-refractivity contribution < 1.29 is 50.0 Å². The summed E-state index contributed by atoms with van der Waals surface area (Å²) in [7, 11) is 0. The molecular formula is C46H87NO10. The predicted octanol–water partition coefficient (Wildman–Crippen LogP) is 7.45. The van der Waals surface area contributed by atoms with Gasteiger partial charge in [0.1, 0.15) is 36.6 Å². The lowest BCUT2D eigenvalue weighted by molar-refractivity contribution is -0.303. The van der Waals surface area contributed by atoms with Crippen LogP contribution in [0.3, 0.4) is 0 Å². The summed E-state index contributed by atoms with van der Waals surface area (Å²) < 4.78 is 11.0. The van der Waals surface area contributed by atoms with Crippen LogP contribution in [0.25, 0.3) is 0 Å². The number of aliphatic hydroxyl groups excluding tert-OH is 7. The molecule has 1 aliphatic rings. The molecular weight excluding hydrogens is 727 g/mol. The van der Waals surface area contributed by atoms with Gasteiger partial charge in [-0.2, -0.15) is 0 Å². The Morgan fingerprint density at radius 1 is 0.596 bits per heavy atom. The van der Waals surface area contributed by atoms with Gasteiger partial charge in [-0.15, -0.1) is 0 Å². The normalized spacial score (nSPS) is 22.3. The van der Waals surface area contributed by atoms with E-state index >= 15 is 0 Å². The molecule has 0 aromatic heterocycles. The third kappa shape index (κ3) is 26.4. The van der Waals surface area contributed by atoms with Gasteiger partial charge in [0.25, 0.3) is 0 Å². The molecule has 0 saturated carbocycles. The minimum Gasteiger partial charge on any atom is -0.394 e. The lowest BCUT2D eigenvalue weighted by Crippen LogP contribution is -2.60. The van der Waals surface area contributed by atoms with Gasteiger partial charge in [-0.25, -0.2) is 0 Å². The van der Waals surface area contributed by atoms with Crippen molar-refractivity contribution >= 4 is 5.91 Å². The standard InChI is InChI=1S/C46H87NO10/c1-3-5-7-9-11-13-15-16-17-18-19-20-21-22-23-24-26-28-30-32-34-39(50)45(55)47-37(36-56-46-44(54)43(53)42(52)40(35-48)57-46)41(51)38(49)33-31-29-27-25-14-12-10-8-6-4-2/h8,10,25,27,37-44,46,48-54H,3-7,9,11-24,26,28-36H2,1-2H3,(H,47,55)/b10-8+,27-25+. The van der Waals surface area contributed by atoms with Gasteiger partial charge in [-0.1, -0.05) is 173 Å². The number of carbonyl (C=O) groups excluding carboxylic acids is 1. The SMILES string of the molecule is CCC/C=C/CC/C=C/CCCC(O)C(O)C(COC1OC(CO)C(O)C(O)C1O)NC(=O)C(O)CCCCCCCCCCCCCCCCCCCCCC. The molecule has 1 heterocycles. The Morgan fingerprint density at radius 3 is 1.56 bits per heavy atom. The number of hydrogen-bond donors (Lipinski definition) is 8. The van der Waals surface area contributed by atoms with Crippen LogP contribution in [0.15, 0.2) is 24.3 Å². The molecule has 1 amide bonds. The van der Waals surface area contributed by atoms with E-state index in [1.54, 1.807) is 0 Å². The van der Waals surface area contributed by atoms with E-state index < -0.39 is 74.2 Å². The summed E-state index contributed by atoms with van der Waals surface area (Å²) in [5.41, 5.74) is 0. The molecule has 9 atom stereocenters. The first-order chi connectivity index (χ1) is 27.7. The average molecular weight is 814 g/mol. The van der Waals surface area contributed by atoms with Crippen molar-refractivity contribution in [3.05, 3.63) is 24.3 Å². The molecule has 0 aliphatic carbocycles. The number of allylic oxidation sites excluding steroid dienone is 4. The Morgan fingerprint density at radius 2 is 1.07 bits per heavy atom. The van der Waals surface area contributed by atoms with E-state index in [-0.39, 0.29) is 12.8 Å². The van der Waals surface area contributed by atoms with Crippen LogP contribution < -0.4 is 5.32 Å². The molecule has 1 aliphatic heterocycles. The summed E-state index contributed by atoms with van der Waals surface area (Å²) in [4.78, 5) is 13.1. The molecule has 11 nitrogen and oxygen atoms in total. The number of rotatable bonds is 38. The monoisotopic (exact) mass is 814 g/mol. The second-order valence-corrected chi connectivity index (χ2v) is 16.5. The molecule has 9 unspecified atom stereocenters. The fourth-order valence-electron chi connectivity index (χ4n) is 7.35. The Bertz CT molecular complexity index is 981. The number of ether oxygens (including phenoxy) is 2. The number of aliphatic hydroxyl groups is 7. The van der Waals surface area contributed by atoms with Crippen LogP contribution in [0, 0.1) is 0 Å². The van der Waals surface area contributed by atoms with Crippen molar-refractivity contribution in [1.29, 1.82) is 0 Å². The Hall–Kier alpha value is -1.41. The molecule has 57 heavy (non-hydrogen) atoms. The minimum absolute atomic E-state index is 0.246. The van der Waals surface area contributed by atoms with E-state index in [1.165, 1.54) is 103 Å². The molecule has 8 N–H and O–H groups in total. The van der Waals surface area contributed by atoms with Gasteiger partial charge in [0.15, 0.2) is 6.29 Å². The minimum atomic E-state index is -1.67. The van der Waals surface area contributed by atoms with E-state index in [2.05, 4.69) is 37.4 Å². The van der Waals surface area contributed by atoms with E-state index in [1.807, 2.05) is 6.08 Å². The van der Waals surface area contributed by atoms with Gasteiger partial charge >= 0.3 is 0 Å². The molecule has 0 radical (unpaired) electrons. The first-order valence-corrected chi connectivity index (χ1v) is 23.2. The zero-order valence-corrected chi connectivity index (χ0v) is 36.1. The maximum Gasteiger partial charge on any atom is 0.249 e. The highest BCUT2D eigenvalue weighted by atomic mass is 16.7. The molecule has 11 heteroatoms. The Kier molecular flexibility index (Phi) is 34.3. The molecule has 0 bridgehead atoms. The Labute approximate surface area is 346 Å². The first kappa shape index (κ1) is 53.6. The summed E-state index contributed by atoms with van der Waals surface area (Å²) in [5.74, 6) is -0.711. The second kappa shape index (κ2) is 36.4. The maximum absolute atomic E-state index is 13.1. The fourth-order valence-corrected chi connectivity index (χ4v) is 7.35. The van der Waals surface area contributed by atoms with Crippen molar-refractivity contribution in [2.45, 2.75) is 249 Å². The fraction of sp³-hybridized carbons (Fsp3) is 0.891. The highest BCUT2D eigenvalue weighted by Crippen LogP contribution is 2.23. The van der Waals surface area contributed by atoms with Gasteiger partial charge in [0.05, 0.1) is 25.4 Å². The molecule has 1 saturated heterocycles. The summed E-state index contributed by atoms with van der Waals surface area (Å²) in [6, 6.07) is -1.19. The number of amides is 1. The number of hydrogen-bond acceptors (Lipinski definition) is 10. The lowest BCUT2D eigenvalue weighted by atomic mass is 9.98. The third-order valence-electron chi connectivity index (χ3n) is 11.2. The van der Waals surface area contributed by atoms with E-state index in [0.717, 1.165) is 44.9 Å². The molecule has 0 aromatic carbocycles. The summed E-state index contributed by atoms with van der Waals surface area (Å²) >= 11 is 0. The second-order valence-electron chi connectivity index (χ2n) is 16.5. The van der Waals surface area contributed by atoms with Crippen LogP contribution in [0.1, 0.15) is 194 Å². The molecule has 1 fully saturated rings. The van der Waals surface area contributed by atoms with Gasteiger partial charge in [0, 0.05) is 0 Å². The largest absolute Gasteiger partial charge is 0.394 e. The van der Waals surface area contributed by atoms with Gasteiger partial charge in [0.2, 0.25) is 5.91 Å². The van der Waals surface area contributed by atoms with Gasteiger partial charge < -0.3 is 50.5 Å². The average Bonchev–Trinajstić information content (AvgIpc) is 3.21. The van der Waals surface area contributed by atoms with Crippen molar-refractivity contribution in [3.63, 3.8) is 0 Å². The van der Waals surface area contributed by atoms with E-state index in [9.17, 15) is 40.5 Å². The summed E-state index contributed by atoms with van der Waals surface area (Å²) in [6.45, 7) is 3.34. The third-order valence-corrected chi connectivity index (χ3v) is 11.2. The van der Waals surface area contributed by atoms with E-state index in [4.69, 9.17) is 9.47 Å². The van der Waals surface area contributed by atoms with Gasteiger partial charge in [-0.3, -0.25) is 4.79 Å². The number of carbonyl (C=O) groups is 1. The molecule has 336 valence electrons. The van der Waals surface area contributed by atoms with Crippen LogP contribution in [-0.2, 0) is 14.3 Å². The van der Waals surface area contributed by atoms with Crippen molar-refractivity contribution in [2.24, 2.45) is 0 Å². The highest BCUT2D eigenvalue weighted by molar-refractivity contribution is 5.80. The number of nitrogens with one attached hydrogen (secondary N) is 1. The smallest absolute Gasteiger partial charge is 0.249 e. The first-order valence-electron chi connectivity index (χ1n) is 23.2. The summed E-state index contributed by atoms with van der Waals surface area (Å²) in [5, 5.41) is 75.4. The zero-order valence-electron chi connectivity index (χ0n) is 36.1. The van der Waals surface area contributed by atoms with Crippen molar-refractivity contribution in [2.75, 3.05) is 13.2 Å².